The molecule has 106 valence electrons. The van der Waals surface area contributed by atoms with Crippen LogP contribution < -0.4 is 15.4 Å². The number of hydrogen-bond donors (Lipinski definition) is 2. The summed E-state index contributed by atoms with van der Waals surface area (Å²) in [5, 5.41) is 6.61. The lowest BCUT2D eigenvalue weighted by Gasteiger charge is -2.28. The molecule has 2 unspecified atom stereocenters. The van der Waals surface area contributed by atoms with Crippen molar-refractivity contribution in [1.29, 1.82) is 0 Å². The molecule has 1 fully saturated rings. The molecule has 19 heavy (non-hydrogen) atoms. The van der Waals surface area contributed by atoms with Gasteiger partial charge in [0.05, 0.1) is 13.2 Å². The van der Waals surface area contributed by atoms with E-state index in [0.717, 1.165) is 37.6 Å². The molecule has 2 atom stereocenters. The van der Waals surface area contributed by atoms with Crippen molar-refractivity contribution in [3.05, 3.63) is 6.33 Å². The molecule has 1 aromatic rings. The molecular formula is C13H22N4O2. The Labute approximate surface area is 113 Å². The molecule has 0 aliphatic carbocycles. The smallest absolute Gasteiger partial charge is 0.204 e. The monoisotopic (exact) mass is 266 g/mol. The minimum Gasteiger partial charge on any atom is -0.490 e. The summed E-state index contributed by atoms with van der Waals surface area (Å²) >= 11 is 0. The summed E-state index contributed by atoms with van der Waals surface area (Å²) in [7, 11) is 1.64. The molecule has 6 nitrogen and oxygen atoms in total. The van der Waals surface area contributed by atoms with Crippen molar-refractivity contribution in [3.8, 4) is 5.75 Å². The van der Waals surface area contributed by atoms with Gasteiger partial charge in [-0.25, -0.2) is 9.97 Å². The Morgan fingerprint density at radius 2 is 2.21 bits per heavy atom. The zero-order valence-corrected chi connectivity index (χ0v) is 11.8. The van der Waals surface area contributed by atoms with Crippen LogP contribution in [-0.4, -0.2) is 42.4 Å². The van der Waals surface area contributed by atoms with Gasteiger partial charge in [0.25, 0.3) is 0 Å². The second-order valence-corrected chi connectivity index (χ2v) is 4.68. The first-order chi connectivity index (χ1) is 9.24. The number of nitrogens with zero attached hydrogens (tertiary/aromatic N) is 2. The molecule has 1 saturated heterocycles. The minimum absolute atomic E-state index is 0.285. The lowest BCUT2D eigenvalue weighted by atomic mass is 10.0. The highest BCUT2D eigenvalue weighted by Crippen LogP contribution is 2.30. The fourth-order valence-corrected chi connectivity index (χ4v) is 2.29. The predicted octanol–water partition coefficient (Wildman–Crippen LogP) is 1.90. The van der Waals surface area contributed by atoms with Crippen LogP contribution in [-0.2, 0) is 4.74 Å². The quantitative estimate of drug-likeness (QED) is 0.848. The van der Waals surface area contributed by atoms with Gasteiger partial charge in [0.15, 0.2) is 11.6 Å². The van der Waals surface area contributed by atoms with E-state index in [1.807, 2.05) is 6.92 Å². The first-order valence-electron chi connectivity index (χ1n) is 6.75. The van der Waals surface area contributed by atoms with E-state index in [2.05, 4.69) is 27.5 Å². The SMILES string of the molecule is CCNc1ncnc(NC2CCOC(C)C2)c1OC. The molecule has 6 heteroatoms. The van der Waals surface area contributed by atoms with Crippen molar-refractivity contribution >= 4 is 11.6 Å². The van der Waals surface area contributed by atoms with Crippen LogP contribution in [0.25, 0.3) is 0 Å². The molecule has 2 rings (SSSR count). The predicted molar refractivity (Wildman–Crippen MR) is 74.8 cm³/mol. The number of aromatic nitrogens is 2. The van der Waals surface area contributed by atoms with Crippen LogP contribution >= 0.6 is 0 Å². The maximum absolute atomic E-state index is 5.55. The first-order valence-corrected chi connectivity index (χ1v) is 6.75. The maximum Gasteiger partial charge on any atom is 0.204 e. The van der Waals surface area contributed by atoms with Crippen LogP contribution in [0.15, 0.2) is 6.33 Å². The van der Waals surface area contributed by atoms with E-state index in [-0.39, 0.29) is 6.10 Å². The number of hydrogen-bond acceptors (Lipinski definition) is 6. The number of ether oxygens (including phenoxy) is 2. The molecule has 2 N–H and O–H groups in total. The summed E-state index contributed by atoms with van der Waals surface area (Å²) in [5.41, 5.74) is 0. The molecule has 0 radical (unpaired) electrons. The number of nitrogens with one attached hydrogen (secondary N) is 2. The summed E-state index contributed by atoms with van der Waals surface area (Å²) in [6, 6.07) is 0.363. The number of methoxy groups -OCH3 is 1. The summed E-state index contributed by atoms with van der Waals surface area (Å²) in [6.07, 6.45) is 3.79. The van der Waals surface area contributed by atoms with Gasteiger partial charge >= 0.3 is 0 Å². The van der Waals surface area contributed by atoms with Crippen LogP contribution in [0.2, 0.25) is 0 Å². The third-order valence-corrected chi connectivity index (χ3v) is 3.18. The van der Waals surface area contributed by atoms with Crippen LogP contribution in [0, 0.1) is 0 Å². The molecule has 1 aromatic heterocycles. The Hall–Kier alpha value is -1.56. The molecule has 0 amide bonds. The lowest BCUT2D eigenvalue weighted by Crippen LogP contribution is -2.33. The molecule has 0 saturated carbocycles. The molecular weight excluding hydrogens is 244 g/mol. The van der Waals surface area contributed by atoms with E-state index >= 15 is 0 Å². The summed E-state index contributed by atoms with van der Waals surface area (Å²) in [6.45, 7) is 5.69. The number of rotatable bonds is 5. The standard InChI is InChI=1S/C13H22N4O2/c1-4-14-12-11(18-3)13(16-8-15-12)17-10-5-6-19-9(2)7-10/h8-10H,4-7H2,1-3H3,(H2,14,15,16,17). The van der Waals surface area contributed by atoms with Gasteiger partial charge in [0.1, 0.15) is 6.33 Å². The fraction of sp³-hybridized carbons (Fsp3) is 0.692. The van der Waals surface area contributed by atoms with Crippen molar-refractivity contribution in [3.63, 3.8) is 0 Å². The minimum atomic E-state index is 0.285. The largest absolute Gasteiger partial charge is 0.490 e. The summed E-state index contributed by atoms with van der Waals surface area (Å²) < 4.78 is 11.0. The average Bonchev–Trinajstić information content (AvgIpc) is 2.39. The molecule has 0 bridgehead atoms. The van der Waals surface area contributed by atoms with Crippen molar-refractivity contribution in [1.82, 2.24) is 9.97 Å². The van der Waals surface area contributed by atoms with Gasteiger partial charge in [0, 0.05) is 19.2 Å². The van der Waals surface area contributed by atoms with Gasteiger partial charge in [0.2, 0.25) is 5.75 Å². The van der Waals surface area contributed by atoms with Gasteiger partial charge in [-0.1, -0.05) is 0 Å². The zero-order chi connectivity index (χ0) is 13.7. The van der Waals surface area contributed by atoms with E-state index in [1.165, 1.54) is 0 Å². The van der Waals surface area contributed by atoms with Crippen molar-refractivity contribution in [2.45, 2.75) is 38.8 Å². The molecule has 0 spiro atoms. The Morgan fingerprint density at radius 3 is 2.89 bits per heavy atom. The van der Waals surface area contributed by atoms with Gasteiger partial charge in [-0.05, 0) is 26.7 Å². The van der Waals surface area contributed by atoms with Gasteiger partial charge in [-0.15, -0.1) is 0 Å². The van der Waals surface area contributed by atoms with Crippen LogP contribution in [0.5, 0.6) is 5.75 Å². The van der Waals surface area contributed by atoms with Gasteiger partial charge in [-0.3, -0.25) is 0 Å². The highest BCUT2D eigenvalue weighted by molar-refractivity contribution is 5.63. The normalized spacial score (nSPS) is 22.9. The highest BCUT2D eigenvalue weighted by Gasteiger charge is 2.21. The highest BCUT2D eigenvalue weighted by atomic mass is 16.5. The van der Waals surface area contributed by atoms with E-state index in [1.54, 1.807) is 13.4 Å². The second kappa shape index (κ2) is 6.56. The Kier molecular flexibility index (Phi) is 4.79. The third-order valence-electron chi connectivity index (χ3n) is 3.18. The second-order valence-electron chi connectivity index (χ2n) is 4.68. The van der Waals surface area contributed by atoms with E-state index in [4.69, 9.17) is 9.47 Å². The Morgan fingerprint density at radius 1 is 1.42 bits per heavy atom. The average molecular weight is 266 g/mol. The van der Waals surface area contributed by atoms with Crippen molar-refractivity contribution < 1.29 is 9.47 Å². The van der Waals surface area contributed by atoms with Crippen molar-refractivity contribution in [2.24, 2.45) is 0 Å². The summed E-state index contributed by atoms with van der Waals surface area (Å²) in [5.74, 6) is 2.14. The van der Waals surface area contributed by atoms with Gasteiger partial charge < -0.3 is 20.1 Å². The molecule has 0 aromatic carbocycles. The Balaban J connectivity index is 2.12. The molecule has 1 aliphatic heterocycles. The van der Waals surface area contributed by atoms with Gasteiger partial charge in [-0.2, -0.15) is 0 Å². The summed E-state index contributed by atoms with van der Waals surface area (Å²) in [4.78, 5) is 8.48. The Bertz CT molecular complexity index is 414. The zero-order valence-electron chi connectivity index (χ0n) is 11.8. The third kappa shape index (κ3) is 3.47. The van der Waals surface area contributed by atoms with Crippen LogP contribution in [0.4, 0.5) is 11.6 Å². The van der Waals surface area contributed by atoms with E-state index in [9.17, 15) is 0 Å². The molecule has 1 aliphatic rings. The lowest BCUT2D eigenvalue weighted by molar-refractivity contribution is 0.0231. The maximum atomic E-state index is 5.55. The topological polar surface area (TPSA) is 68.3 Å². The van der Waals surface area contributed by atoms with E-state index < -0.39 is 0 Å². The fourth-order valence-electron chi connectivity index (χ4n) is 2.29. The number of anilines is 2. The van der Waals surface area contributed by atoms with Crippen LogP contribution in [0.1, 0.15) is 26.7 Å². The molecule has 2 heterocycles. The first kappa shape index (κ1) is 13.9. The van der Waals surface area contributed by atoms with Crippen LogP contribution in [0.3, 0.4) is 0 Å². The van der Waals surface area contributed by atoms with E-state index in [0.29, 0.717) is 11.8 Å². The van der Waals surface area contributed by atoms with Crippen molar-refractivity contribution in [2.75, 3.05) is 30.9 Å².